The largest absolute Gasteiger partial charge is 0.497 e. The molecule has 4 aromatic rings. The number of hydrogen-bond donors (Lipinski definition) is 2. The summed E-state index contributed by atoms with van der Waals surface area (Å²) in [5.41, 5.74) is 1.31. The molecule has 0 spiro atoms. The monoisotopic (exact) mass is 502 g/mol. The van der Waals surface area contributed by atoms with E-state index in [4.69, 9.17) is 9.47 Å². The van der Waals surface area contributed by atoms with Crippen LogP contribution in [0.15, 0.2) is 71.6 Å². The minimum Gasteiger partial charge on any atom is -0.497 e. The molecule has 1 aromatic heterocycles. The van der Waals surface area contributed by atoms with E-state index in [0.717, 1.165) is 24.1 Å². The molecule has 2 N–H and O–H groups in total. The Morgan fingerprint density at radius 3 is 1.83 bits per heavy atom. The number of alkyl halides is 3. The summed E-state index contributed by atoms with van der Waals surface area (Å²) in [6, 6.07) is 17.6. The molecule has 0 saturated heterocycles. The number of ether oxygens (including phenoxy) is 2. The number of aromatic nitrogens is 2. The molecular formula is C25H25F3N4O2S. The van der Waals surface area contributed by atoms with Gasteiger partial charge in [-0.2, -0.15) is 13.2 Å². The number of para-hydroxylation sites is 2. The van der Waals surface area contributed by atoms with Gasteiger partial charge in [0.2, 0.25) is 0 Å². The lowest BCUT2D eigenvalue weighted by molar-refractivity contribution is -0.137. The Kier molecular flexibility index (Phi) is 8.64. The van der Waals surface area contributed by atoms with Crippen molar-refractivity contribution in [3.8, 4) is 11.5 Å². The number of halogens is 3. The molecule has 184 valence electrons. The smallest absolute Gasteiger partial charge is 0.416 e. The number of hydrogen-bond acceptors (Lipinski definition) is 7. The zero-order valence-corrected chi connectivity index (χ0v) is 20.4. The first-order valence-corrected chi connectivity index (χ1v) is 11.5. The van der Waals surface area contributed by atoms with Crippen LogP contribution >= 0.6 is 11.9 Å². The number of fused-ring (bicyclic) bond motifs is 1. The number of nitrogens with one attached hydrogen (secondary N) is 2. The molecule has 6 nitrogen and oxygen atoms in total. The van der Waals surface area contributed by atoms with Gasteiger partial charge in [0.15, 0.2) is 11.6 Å². The van der Waals surface area contributed by atoms with Crippen molar-refractivity contribution in [2.24, 2.45) is 0 Å². The van der Waals surface area contributed by atoms with Gasteiger partial charge in [0.05, 0.1) is 30.8 Å². The first kappa shape index (κ1) is 26.0. The van der Waals surface area contributed by atoms with Gasteiger partial charge in [0, 0.05) is 28.8 Å². The summed E-state index contributed by atoms with van der Waals surface area (Å²) in [4.78, 5) is 9.88. The molecule has 1 heterocycles. The lowest BCUT2D eigenvalue weighted by atomic mass is 10.2. The third kappa shape index (κ3) is 6.69. The van der Waals surface area contributed by atoms with Crippen LogP contribution in [0.1, 0.15) is 19.4 Å². The Hall–Kier alpha value is -3.66. The fourth-order valence-electron chi connectivity index (χ4n) is 2.99. The molecule has 0 aliphatic rings. The van der Waals surface area contributed by atoms with Crippen molar-refractivity contribution in [2.75, 3.05) is 24.3 Å². The van der Waals surface area contributed by atoms with Crippen molar-refractivity contribution >= 4 is 40.3 Å². The predicted octanol–water partition coefficient (Wildman–Crippen LogP) is 7.55. The molecule has 10 heteroatoms. The summed E-state index contributed by atoms with van der Waals surface area (Å²) in [7, 11) is 3.12. The van der Waals surface area contributed by atoms with Gasteiger partial charge < -0.3 is 19.5 Å². The lowest BCUT2D eigenvalue weighted by Crippen LogP contribution is -2.04. The molecule has 0 bridgehead atoms. The van der Waals surface area contributed by atoms with Gasteiger partial charge in [0.1, 0.15) is 11.5 Å². The maximum Gasteiger partial charge on any atom is 0.416 e. The first-order chi connectivity index (χ1) is 16.9. The zero-order chi connectivity index (χ0) is 25.4. The second-order valence-electron chi connectivity index (χ2n) is 6.86. The molecule has 0 aliphatic heterocycles. The molecule has 0 saturated carbocycles. The van der Waals surface area contributed by atoms with Gasteiger partial charge in [-0.05, 0) is 48.3 Å². The highest BCUT2D eigenvalue weighted by molar-refractivity contribution is 8.00. The Labute approximate surface area is 206 Å². The van der Waals surface area contributed by atoms with Crippen molar-refractivity contribution in [1.29, 1.82) is 0 Å². The van der Waals surface area contributed by atoms with E-state index >= 15 is 0 Å². The normalized spacial score (nSPS) is 10.8. The SMILES string of the molecule is CC.COc1cc(Nc2nc3ccccc3nc2NSc2ccc(C(F)(F)F)cc2)cc(OC)c1. The summed E-state index contributed by atoms with van der Waals surface area (Å²) < 4.78 is 52.2. The molecule has 4 rings (SSSR count). The van der Waals surface area contributed by atoms with Gasteiger partial charge in [-0.25, -0.2) is 9.97 Å². The summed E-state index contributed by atoms with van der Waals surface area (Å²) in [5.74, 6) is 2.04. The van der Waals surface area contributed by atoms with E-state index in [1.54, 1.807) is 32.4 Å². The van der Waals surface area contributed by atoms with Crippen LogP contribution in [0, 0.1) is 0 Å². The standard InChI is InChI=1S/C23H19F3N4O2S.C2H6/c1-31-16-11-15(12-17(13-16)32-2)27-21-22(29-20-6-4-3-5-19(20)28-21)30-33-18-9-7-14(8-10-18)23(24,25)26;1-2/h3-13H,1-2H3,(H,27,28)(H,29,30);1-2H3. The molecule has 0 unspecified atom stereocenters. The molecule has 3 aromatic carbocycles. The molecule has 0 amide bonds. The predicted molar refractivity (Wildman–Crippen MR) is 135 cm³/mol. The van der Waals surface area contributed by atoms with Gasteiger partial charge in [0.25, 0.3) is 0 Å². The molecule has 0 aliphatic carbocycles. The van der Waals surface area contributed by atoms with Crippen LogP contribution in [-0.2, 0) is 6.18 Å². The summed E-state index contributed by atoms with van der Waals surface area (Å²) in [5, 5.41) is 3.22. The average molecular weight is 503 g/mol. The van der Waals surface area contributed by atoms with Gasteiger partial charge in [-0.15, -0.1) is 0 Å². The molecule has 0 radical (unpaired) electrons. The maximum atomic E-state index is 12.8. The van der Waals surface area contributed by atoms with Crippen LogP contribution in [0.5, 0.6) is 11.5 Å². The maximum absolute atomic E-state index is 12.8. The minimum atomic E-state index is -4.38. The number of methoxy groups -OCH3 is 2. The van der Waals surface area contributed by atoms with Crippen LogP contribution in [0.3, 0.4) is 0 Å². The van der Waals surface area contributed by atoms with Crippen molar-refractivity contribution in [2.45, 2.75) is 24.9 Å². The Balaban J connectivity index is 0.00000167. The number of benzene rings is 3. The zero-order valence-electron chi connectivity index (χ0n) is 19.6. The van der Waals surface area contributed by atoms with Crippen molar-refractivity contribution < 1.29 is 22.6 Å². The van der Waals surface area contributed by atoms with Crippen LogP contribution in [0.2, 0.25) is 0 Å². The third-order valence-corrected chi connectivity index (χ3v) is 5.44. The van der Waals surface area contributed by atoms with Crippen LogP contribution < -0.4 is 19.5 Å². The minimum absolute atomic E-state index is 0.417. The number of anilines is 3. The van der Waals surface area contributed by atoms with Gasteiger partial charge in [-0.3, -0.25) is 0 Å². The number of nitrogens with zero attached hydrogens (tertiary/aromatic N) is 2. The van der Waals surface area contributed by atoms with Gasteiger partial charge in [-0.1, -0.05) is 26.0 Å². The highest BCUT2D eigenvalue weighted by Gasteiger charge is 2.30. The first-order valence-electron chi connectivity index (χ1n) is 10.7. The molecule has 0 fully saturated rings. The lowest BCUT2D eigenvalue weighted by Gasteiger charge is -2.14. The van der Waals surface area contributed by atoms with E-state index in [1.807, 2.05) is 38.1 Å². The fraction of sp³-hybridized carbons (Fsp3) is 0.200. The number of rotatable bonds is 7. The Bertz CT molecular complexity index is 1250. The van der Waals surface area contributed by atoms with E-state index in [9.17, 15) is 13.2 Å². The van der Waals surface area contributed by atoms with Crippen LogP contribution in [0.25, 0.3) is 11.0 Å². The van der Waals surface area contributed by atoms with Crippen molar-refractivity contribution in [1.82, 2.24) is 9.97 Å². The summed E-state index contributed by atoms with van der Waals surface area (Å²) >= 11 is 1.13. The summed E-state index contributed by atoms with van der Waals surface area (Å²) in [6.45, 7) is 4.00. The Morgan fingerprint density at radius 1 is 0.771 bits per heavy atom. The second kappa shape index (κ2) is 11.7. The van der Waals surface area contributed by atoms with Crippen molar-refractivity contribution in [3.05, 3.63) is 72.3 Å². The van der Waals surface area contributed by atoms with Crippen LogP contribution in [0.4, 0.5) is 30.5 Å². The highest BCUT2D eigenvalue weighted by Crippen LogP contribution is 2.34. The topological polar surface area (TPSA) is 68.3 Å². The fourth-order valence-corrected chi connectivity index (χ4v) is 3.62. The second-order valence-corrected chi connectivity index (χ2v) is 7.74. The Morgan fingerprint density at radius 2 is 1.31 bits per heavy atom. The molecule has 0 atom stereocenters. The van der Waals surface area contributed by atoms with E-state index < -0.39 is 11.7 Å². The molecular weight excluding hydrogens is 477 g/mol. The van der Waals surface area contributed by atoms with E-state index in [-0.39, 0.29) is 0 Å². The van der Waals surface area contributed by atoms with Crippen LogP contribution in [-0.4, -0.2) is 24.2 Å². The average Bonchev–Trinajstić information content (AvgIpc) is 2.88. The van der Waals surface area contributed by atoms with Crippen molar-refractivity contribution in [3.63, 3.8) is 0 Å². The van der Waals surface area contributed by atoms with E-state index in [1.165, 1.54) is 12.1 Å². The van der Waals surface area contributed by atoms with E-state index in [2.05, 4.69) is 20.0 Å². The van der Waals surface area contributed by atoms with E-state index in [0.29, 0.717) is 44.8 Å². The highest BCUT2D eigenvalue weighted by atomic mass is 32.2. The summed E-state index contributed by atoms with van der Waals surface area (Å²) in [6.07, 6.45) is -4.38. The third-order valence-electron chi connectivity index (χ3n) is 4.63. The molecule has 35 heavy (non-hydrogen) atoms. The van der Waals surface area contributed by atoms with Gasteiger partial charge >= 0.3 is 6.18 Å². The quantitative estimate of drug-likeness (QED) is 0.253.